The number of nitrogens with zero attached hydrogens (tertiary/aromatic N) is 2. The van der Waals surface area contributed by atoms with E-state index in [2.05, 4.69) is 22.4 Å². The van der Waals surface area contributed by atoms with Gasteiger partial charge in [-0.25, -0.2) is 0 Å². The Bertz CT molecular complexity index is 1910. The number of hydrogen-bond acceptors (Lipinski definition) is 7. The van der Waals surface area contributed by atoms with Crippen molar-refractivity contribution in [3.05, 3.63) is 141 Å². The van der Waals surface area contributed by atoms with Gasteiger partial charge in [-0.15, -0.1) is 0 Å². The summed E-state index contributed by atoms with van der Waals surface area (Å²) in [4.78, 5) is 14.3. The second kappa shape index (κ2) is 12.9. The van der Waals surface area contributed by atoms with Crippen molar-refractivity contribution >= 4 is 5.78 Å². The summed E-state index contributed by atoms with van der Waals surface area (Å²) in [7, 11) is 0. The summed E-state index contributed by atoms with van der Waals surface area (Å²) < 4.78 is 24.0. The zero-order valence-electron chi connectivity index (χ0n) is 26.9. The SMILES string of the molecule is Cc1ccc(C)c(OCc2ccccc2-c2c(C)noc2C(=O)c2onc(C)c2-c2ccccc2COc2cc(C)ccc2C)c1. The highest BCUT2D eigenvalue weighted by Crippen LogP contribution is 2.37. The van der Waals surface area contributed by atoms with E-state index >= 15 is 0 Å². The zero-order chi connectivity index (χ0) is 32.4. The van der Waals surface area contributed by atoms with Gasteiger partial charge in [0.2, 0.25) is 11.5 Å². The summed E-state index contributed by atoms with van der Waals surface area (Å²) in [6.07, 6.45) is 0. The second-order valence-corrected chi connectivity index (χ2v) is 11.7. The van der Waals surface area contributed by atoms with Crippen LogP contribution in [0.3, 0.4) is 0 Å². The molecule has 0 radical (unpaired) electrons. The number of carbonyl (C=O) groups excluding carboxylic acids is 1. The number of benzene rings is 4. The molecular formula is C39H36N2O5. The molecule has 7 heteroatoms. The lowest BCUT2D eigenvalue weighted by Gasteiger charge is -2.14. The number of rotatable bonds is 10. The van der Waals surface area contributed by atoms with Gasteiger partial charge >= 0.3 is 0 Å². The quantitative estimate of drug-likeness (QED) is 0.143. The fourth-order valence-corrected chi connectivity index (χ4v) is 5.60. The largest absolute Gasteiger partial charge is 0.489 e. The minimum absolute atomic E-state index is 0.0817. The van der Waals surface area contributed by atoms with Crippen LogP contribution in [0.15, 0.2) is 94.0 Å². The van der Waals surface area contributed by atoms with Crippen molar-refractivity contribution in [1.82, 2.24) is 10.3 Å². The number of carbonyl (C=O) groups is 1. The van der Waals surface area contributed by atoms with E-state index in [4.69, 9.17) is 18.5 Å². The Morgan fingerprint density at radius 1 is 0.587 bits per heavy atom. The average molecular weight is 613 g/mol. The number of ketones is 1. The van der Waals surface area contributed by atoms with Gasteiger partial charge in [0.15, 0.2) is 0 Å². The lowest BCUT2D eigenvalue weighted by molar-refractivity contribution is 0.0967. The number of aromatic nitrogens is 2. The van der Waals surface area contributed by atoms with E-state index in [1.165, 1.54) is 0 Å². The predicted molar refractivity (Wildman–Crippen MR) is 177 cm³/mol. The lowest BCUT2D eigenvalue weighted by Crippen LogP contribution is -2.06. The molecule has 0 unspecified atom stereocenters. The monoisotopic (exact) mass is 612 g/mol. The van der Waals surface area contributed by atoms with E-state index in [0.29, 0.717) is 35.7 Å². The van der Waals surface area contributed by atoms with Crippen LogP contribution in [0.1, 0.15) is 61.1 Å². The molecule has 2 aromatic heterocycles. The second-order valence-electron chi connectivity index (χ2n) is 11.7. The smallest absolute Gasteiger partial charge is 0.270 e. The van der Waals surface area contributed by atoms with Crippen molar-refractivity contribution in [2.45, 2.75) is 54.8 Å². The molecule has 0 saturated carbocycles. The van der Waals surface area contributed by atoms with Crippen LogP contribution in [0.4, 0.5) is 0 Å². The normalized spacial score (nSPS) is 11.1. The zero-order valence-corrected chi connectivity index (χ0v) is 26.9. The molecule has 0 amide bonds. The van der Waals surface area contributed by atoms with Crippen LogP contribution in [0, 0.1) is 41.5 Å². The molecule has 0 atom stereocenters. The van der Waals surface area contributed by atoms with Crippen LogP contribution >= 0.6 is 0 Å². The first-order chi connectivity index (χ1) is 22.2. The molecule has 4 aromatic carbocycles. The molecule has 0 saturated heterocycles. The fourth-order valence-electron chi connectivity index (χ4n) is 5.60. The molecule has 0 fully saturated rings. The molecule has 0 N–H and O–H groups in total. The fraction of sp³-hybridized carbons (Fsp3) is 0.205. The van der Waals surface area contributed by atoms with Crippen molar-refractivity contribution < 1.29 is 23.3 Å². The number of hydrogen-bond donors (Lipinski definition) is 0. The Balaban J connectivity index is 1.34. The Morgan fingerprint density at radius 3 is 1.43 bits per heavy atom. The van der Waals surface area contributed by atoms with E-state index in [0.717, 1.165) is 56.0 Å². The first kappa shape index (κ1) is 30.6. The average Bonchev–Trinajstić information content (AvgIpc) is 3.63. The van der Waals surface area contributed by atoms with Gasteiger partial charge in [-0.05, 0) is 98.2 Å². The Hall–Kier alpha value is -5.43. The highest BCUT2D eigenvalue weighted by Gasteiger charge is 2.31. The third-order valence-electron chi connectivity index (χ3n) is 8.16. The van der Waals surface area contributed by atoms with Gasteiger partial charge < -0.3 is 18.5 Å². The number of ether oxygens (including phenoxy) is 2. The van der Waals surface area contributed by atoms with E-state index in [9.17, 15) is 4.79 Å². The van der Waals surface area contributed by atoms with Gasteiger partial charge in [-0.2, -0.15) is 0 Å². The van der Waals surface area contributed by atoms with Crippen LogP contribution in [0.25, 0.3) is 22.3 Å². The molecule has 0 aliphatic carbocycles. The van der Waals surface area contributed by atoms with Gasteiger partial charge in [0.1, 0.15) is 24.7 Å². The molecule has 0 spiro atoms. The maximum Gasteiger partial charge on any atom is 0.270 e. The van der Waals surface area contributed by atoms with Crippen LogP contribution in [-0.2, 0) is 13.2 Å². The summed E-state index contributed by atoms with van der Waals surface area (Å²) in [5.41, 5.74) is 10.1. The highest BCUT2D eigenvalue weighted by molar-refractivity contribution is 6.13. The highest BCUT2D eigenvalue weighted by atomic mass is 16.5. The summed E-state index contributed by atoms with van der Waals surface area (Å²) in [6.45, 7) is 12.4. The molecule has 0 bridgehead atoms. The minimum Gasteiger partial charge on any atom is -0.489 e. The third-order valence-corrected chi connectivity index (χ3v) is 8.16. The molecule has 6 aromatic rings. The summed E-state index contributed by atoms with van der Waals surface area (Å²) in [5, 5.41) is 8.42. The van der Waals surface area contributed by atoms with Crippen molar-refractivity contribution in [2.75, 3.05) is 0 Å². The maximum atomic E-state index is 14.3. The van der Waals surface area contributed by atoms with Gasteiger partial charge in [0, 0.05) is 0 Å². The Labute approximate surface area is 268 Å². The van der Waals surface area contributed by atoms with E-state index < -0.39 is 5.78 Å². The number of aryl methyl sites for hydroxylation is 6. The molecule has 0 aliphatic rings. The molecule has 232 valence electrons. The Kier molecular flexibility index (Phi) is 8.57. The van der Waals surface area contributed by atoms with Gasteiger partial charge in [0.05, 0.1) is 22.5 Å². The summed E-state index contributed by atoms with van der Waals surface area (Å²) in [6, 6.07) is 27.9. The molecule has 46 heavy (non-hydrogen) atoms. The van der Waals surface area contributed by atoms with Gasteiger partial charge in [-0.3, -0.25) is 4.79 Å². The lowest BCUT2D eigenvalue weighted by atomic mass is 9.93. The maximum absolute atomic E-state index is 14.3. The van der Waals surface area contributed by atoms with E-state index in [1.807, 2.05) is 114 Å². The first-order valence-corrected chi connectivity index (χ1v) is 15.2. The first-order valence-electron chi connectivity index (χ1n) is 15.2. The predicted octanol–water partition coefficient (Wildman–Crippen LogP) is 9.24. The summed E-state index contributed by atoms with van der Waals surface area (Å²) in [5.74, 6) is 1.35. The van der Waals surface area contributed by atoms with Crippen molar-refractivity contribution in [1.29, 1.82) is 0 Å². The molecule has 0 aliphatic heterocycles. The van der Waals surface area contributed by atoms with Crippen molar-refractivity contribution in [3.63, 3.8) is 0 Å². The Morgan fingerprint density at radius 2 is 1.00 bits per heavy atom. The standard InChI is InChI=1S/C39H36N2O5/c1-23-15-17-25(3)33(19-23)43-21-29-11-7-9-13-31(29)35-27(5)40-45-38(35)37(42)39-36(28(6)41-46-39)32-14-10-8-12-30(32)22-44-34-20-24(2)16-18-26(34)4/h7-20H,21-22H2,1-6H3. The van der Waals surface area contributed by atoms with E-state index in [-0.39, 0.29) is 11.5 Å². The van der Waals surface area contributed by atoms with Gasteiger partial charge in [-0.1, -0.05) is 83.1 Å². The van der Waals surface area contributed by atoms with E-state index in [1.54, 1.807) is 0 Å². The molecule has 6 rings (SSSR count). The molecular weight excluding hydrogens is 576 g/mol. The van der Waals surface area contributed by atoms with Crippen LogP contribution < -0.4 is 9.47 Å². The van der Waals surface area contributed by atoms with Gasteiger partial charge in [0.25, 0.3) is 5.78 Å². The van der Waals surface area contributed by atoms with Crippen LogP contribution in [0.2, 0.25) is 0 Å². The van der Waals surface area contributed by atoms with Crippen LogP contribution in [-0.4, -0.2) is 16.1 Å². The van der Waals surface area contributed by atoms with Crippen molar-refractivity contribution in [3.8, 4) is 33.8 Å². The molecule has 7 nitrogen and oxygen atoms in total. The third kappa shape index (κ3) is 6.09. The van der Waals surface area contributed by atoms with Crippen LogP contribution in [0.5, 0.6) is 11.5 Å². The summed E-state index contributed by atoms with van der Waals surface area (Å²) >= 11 is 0. The molecule has 2 heterocycles. The topological polar surface area (TPSA) is 87.6 Å². The van der Waals surface area contributed by atoms with Crippen molar-refractivity contribution in [2.24, 2.45) is 0 Å². The minimum atomic E-state index is -0.443.